The summed E-state index contributed by atoms with van der Waals surface area (Å²) in [6.07, 6.45) is 3.99. The normalized spacial score (nSPS) is 16.8. The van der Waals surface area contributed by atoms with Crippen molar-refractivity contribution in [3.05, 3.63) is 45.8 Å². The largest absolute Gasteiger partial charge is 0.312 e. The number of nitrogens with one attached hydrogen (secondary N) is 1. The van der Waals surface area contributed by atoms with Gasteiger partial charge in [0.05, 0.1) is 10.5 Å². The molecule has 1 atom stereocenters. The molecule has 1 amide bonds. The van der Waals surface area contributed by atoms with Gasteiger partial charge >= 0.3 is 0 Å². The third kappa shape index (κ3) is 3.60. The van der Waals surface area contributed by atoms with E-state index in [1.807, 2.05) is 0 Å². The maximum absolute atomic E-state index is 12.5. The van der Waals surface area contributed by atoms with Crippen LogP contribution >= 0.6 is 11.3 Å². The third-order valence-electron chi connectivity index (χ3n) is 4.40. The summed E-state index contributed by atoms with van der Waals surface area (Å²) >= 11 is 1.47. The first-order chi connectivity index (χ1) is 11.8. The highest BCUT2D eigenvalue weighted by atomic mass is 32.2. The van der Waals surface area contributed by atoms with Crippen molar-refractivity contribution in [2.45, 2.75) is 31.1 Å². The molecular weight excluding hydrogens is 356 g/mol. The van der Waals surface area contributed by atoms with Crippen LogP contribution in [0.5, 0.6) is 0 Å². The molecular formula is C18H18N2O3S2. The number of hydrogen-bond donors (Lipinski definition) is 1. The van der Waals surface area contributed by atoms with Crippen molar-refractivity contribution in [1.82, 2.24) is 0 Å². The predicted octanol–water partition coefficient (Wildman–Crippen LogP) is 3.40. The highest BCUT2D eigenvalue weighted by Crippen LogP contribution is 2.39. The topological polar surface area (TPSA) is 87.0 Å². The molecule has 0 bridgehead atoms. The van der Waals surface area contributed by atoms with Crippen LogP contribution in [-0.4, -0.2) is 20.6 Å². The van der Waals surface area contributed by atoms with E-state index in [4.69, 9.17) is 0 Å². The van der Waals surface area contributed by atoms with Crippen LogP contribution in [0.25, 0.3) is 0 Å². The molecule has 0 unspecified atom stereocenters. The predicted molar refractivity (Wildman–Crippen MR) is 97.7 cm³/mol. The Kier molecular flexibility index (Phi) is 4.67. The molecule has 7 heteroatoms. The molecule has 3 rings (SSSR count). The van der Waals surface area contributed by atoms with E-state index in [0.29, 0.717) is 22.0 Å². The Bertz CT molecular complexity index is 967. The number of fused-ring (bicyclic) bond motifs is 1. The molecule has 1 heterocycles. The molecule has 1 aromatic heterocycles. The van der Waals surface area contributed by atoms with E-state index < -0.39 is 9.84 Å². The van der Waals surface area contributed by atoms with Gasteiger partial charge in [0.1, 0.15) is 11.1 Å². The van der Waals surface area contributed by atoms with Crippen molar-refractivity contribution in [2.75, 3.05) is 11.6 Å². The second kappa shape index (κ2) is 6.62. The van der Waals surface area contributed by atoms with E-state index in [2.05, 4.69) is 18.3 Å². The smallest absolute Gasteiger partial charge is 0.256 e. The summed E-state index contributed by atoms with van der Waals surface area (Å²) in [5, 5.41) is 12.9. The fourth-order valence-corrected chi connectivity index (χ4v) is 4.97. The number of carbonyl (C=O) groups is 1. The molecule has 2 aromatic rings. The maximum Gasteiger partial charge on any atom is 0.256 e. The fourth-order valence-electron chi connectivity index (χ4n) is 2.99. The number of anilines is 1. The Morgan fingerprint density at radius 1 is 1.32 bits per heavy atom. The fraction of sp³-hybridized carbons (Fsp3) is 0.333. The van der Waals surface area contributed by atoms with E-state index >= 15 is 0 Å². The quantitative estimate of drug-likeness (QED) is 0.892. The van der Waals surface area contributed by atoms with E-state index in [9.17, 15) is 18.5 Å². The lowest BCUT2D eigenvalue weighted by molar-refractivity contribution is 0.102. The summed E-state index contributed by atoms with van der Waals surface area (Å²) in [5.74, 6) is 0.243. The lowest BCUT2D eigenvalue weighted by Crippen LogP contribution is -2.12. The van der Waals surface area contributed by atoms with Crippen LogP contribution in [0.2, 0.25) is 0 Å². The van der Waals surface area contributed by atoms with Crippen molar-refractivity contribution >= 4 is 32.1 Å². The van der Waals surface area contributed by atoms with Crippen LogP contribution in [0.1, 0.15) is 39.7 Å². The third-order valence-corrected chi connectivity index (χ3v) is 6.69. The zero-order chi connectivity index (χ0) is 18.2. The summed E-state index contributed by atoms with van der Waals surface area (Å²) in [4.78, 5) is 13.8. The lowest BCUT2D eigenvalue weighted by Gasteiger charge is -2.17. The molecule has 1 N–H and O–H groups in total. The number of nitriles is 1. The van der Waals surface area contributed by atoms with Crippen molar-refractivity contribution < 1.29 is 13.2 Å². The number of rotatable bonds is 3. The molecule has 1 aliphatic carbocycles. The Hall–Kier alpha value is -2.17. The number of nitrogens with zero attached hydrogens (tertiary/aromatic N) is 1. The molecule has 25 heavy (non-hydrogen) atoms. The summed E-state index contributed by atoms with van der Waals surface area (Å²) < 4.78 is 23.0. The second-order valence-electron chi connectivity index (χ2n) is 6.42. The number of amides is 1. The van der Waals surface area contributed by atoms with Crippen LogP contribution in [0.3, 0.4) is 0 Å². The molecule has 0 aliphatic heterocycles. The van der Waals surface area contributed by atoms with Gasteiger partial charge in [-0.1, -0.05) is 6.92 Å². The highest BCUT2D eigenvalue weighted by Gasteiger charge is 2.24. The van der Waals surface area contributed by atoms with E-state index in [1.165, 1.54) is 40.5 Å². The standard InChI is InChI=1S/C18H18N2O3S2/c1-11-3-8-14-15(10-19)18(24-16(14)9-11)20-17(21)12-4-6-13(7-5-12)25(2,22)23/h4-7,11H,3,8-9H2,1-2H3,(H,20,21)/t11-/m1/s1. The number of carbonyl (C=O) groups excluding carboxylic acids is 1. The van der Waals surface area contributed by atoms with Gasteiger partial charge in [0, 0.05) is 16.7 Å². The average molecular weight is 374 g/mol. The molecule has 5 nitrogen and oxygen atoms in total. The van der Waals surface area contributed by atoms with Crippen LogP contribution < -0.4 is 5.32 Å². The van der Waals surface area contributed by atoms with Gasteiger partial charge in [-0.05, 0) is 55.0 Å². The van der Waals surface area contributed by atoms with Gasteiger partial charge in [0.15, 0.2) is 9.84 Å². The summed E-state index contributed by atoms with van der Waals surface area (Å²) in [5.41, 5.74) is 1.98. The zero-order valence-corrected chi connectivity index (χ0v) is 15.6. The Morgan fingerprint density at radius 3 is 2.60 bits per heavy atom. The van der Waals surface area contributed by atoms with Crippen molar-refractivity contribution in [2.24, 2.45) is 5.92 Å². The van der Waals surface area contributed by atoms with Gasteiger partial charge in [-0.25, -0.2) is 8.42 Å². The minimum absolute atomic E-state index is 0.169. The Balaban J connectivity index is 1.85. The SMILES string of the molecule is C[C@@H]1CCc2c(sc(NC(=O)c3ccc(S(C)(=O)=O)cc3)c2C#N)C1. The Morgan fingerprint density at radius 2 is 2.00 bits per heavy atom. The minimum Gasteiger partial charge on any atom is -0.312 e. The van der Waals surface area contributed by atoms with Crippen molar-refractivity contribution in [1.29, 1.82) is 5.26 Å². The van der Waals surface area contributed by atoms with E-state index in [1.54, 1.807) is 0 Å². The number of thiophene rings is 1. The van der Waals surface area contributed by atoms with Gasteiger partial charge in [0.25, 0.3) is 5.91 Å². The first-order valence-corrected chi connectivity index (χ1v) is 10.7. The molecule has 130 valence electrons. The lowest BCUT2D eigenvalue weighted by atomic mass is 9.88. The van der Waals surface area contributed by atoms with Gasteiger partial charge < -0.3 is 5.32 Å². The first kappa shape index (κ1) is 17.6. The number of sulfone groups is 1. The van der Waals surface area contributed by atoms with Gasteiger partial charge in [-0.3, -0.25) is 4.79 Å². The summed E-state index contributed by atoms with van der Waals surface area (Å²) in [6, 6.07) is 8.01. The maximum atomic E-state index is 12.5. The molecule has 0 fully saturated rings. The average Bonchev–Trinajstić information content (AvgIpc) is 2.90. The summed E-state index contributed by atoms with van der Waals surface area (Å²) in [7, 11) is -3.29. The Labute approximate surface area is 151 Å². The van der Waals surface area contributed by atoms with E-state index in [0.717, 1.165) is 31.1 Å². The highest BCUT2D eigenvalue weighted by molar-refractivity contribution is 7.90. The first-order valence-electron chi connectivity index (χ1n) is 7.95. The molecule has 0 saturated heterocycles. The van der Waals surface area contributed by atoms with Crippen molar-refractivity contribution in [3.63, 3.8) is 0 Å². The van der Waals surface area contributed by atoms with Crippen molar-refractivity contribution in [3.8, 4) is 6.07 Å². The monoisotopic (exact) mass is 374 g/mol. The molecule has 0 spiro atoms. The van der Waals surface area contributed by atoms with E-state index in [-0.39, 0.29) is 10.8 Å². The number of benzene rings is 1. The van der Waals surface area contributed by atoms with Crippen LogP contribution in [0, 0.1) is 17.2 Å². The molecule has 1 aliphatic rings. The molecule has 0 radical (unpaired) electrons. The minimum atomic E-state index is -3.29. The molecule has 0 saturated carbocycles. The van der Waals surface area contributed by atoms with Gasteiger partial charge in [-0.15, -0.1) is 11.3 Å². The van der Waals surface area contributed by atoms with Crippen LogP contribution in [-0.2, 0) is 22.7 Å². The van der Waals surface area contributed by atoms with Gasteiger partial charge in [0.2, 0.25) is 0 Å². The molecule has 1 aromatic carbocycles. The second-order valence-corrected chi connectivity index (χ2v) is 9.54. The van der Waals surface area contributed by atoms with Gasteiger partial charge in [-0.2, -0.15) is 5.26 Å². The van der Waals surface area contributed by atoms with Crippen LogP contribution in [0.4, 0.5) is 5.00 Å². The number of hydrogen-bond acceptors (Lipinski definition) is 5. The zero-order valence-electron chi connectivity index (χ0n) is 14.0. The van der Waals surface area contributed by atoms with Crippen LogP contribution in [0.15, 0.2) is 29.2 Å². The summed E-state index contributed by atoms with van der Waals surface area (Å²) in [6.45, 7) is 2.19.